The summed E-state index contributed by atoms with van der Waals surface area (Å²) < 4.78 is 0. The molecule has 0 spiro atoms. The van der Waals surface area contributed by atoms with E-state index in [-0.39, 0.29) is 0 Å². The quantitative estimate of drug-likeness (QED) is 0.631. The summed E-state index contributed by atoms with van der Waals surface area (Å²) in [5.74, 6) is 0.816. The highest BCUT2D eigenvalue weighted by Gasteiger charge is 2.18. The lowest BCUT2D eigenvalue weighted by molar-refractivity contribution is 0.547. The van der Waals surface area contributed by atoms with E-state index in [0.717, 1.165) is 23.6 Å². The number of hydrogen-bond acceptors (Lipinski definition) is 2. The molecule has 0 amide bonds. The van der Waals surface area contributed by atoms with Gasteiger partial charge in [0.1, 0.15) is 0 Å². The van der Waals surface area contributed by atoms with Gasteiger partial charge < -0.3 is 0 Å². The smallest absolute Gasteiger partial charge is 0.0720 e. The molecule has 0 unspecified atom stereocenters. The van der Waals surface area contributed by atoms with Crippen LogP contribution in [0.5, 0.6) is 0 Å². The topological polar surface area (TPSA) is 25.8 Å². The van der Waals surface area contributed by atoms with Crippen LogP contribution < -0.4 is 0 Å². The van der Waals surface area contributed by atoms with Gasteiger partial charge in [-0.25, -0.2) is 0 Å². The largest absolute Gasteiger partial charge is 0.264 e. The molecule has 2 heterocycles. The molecule has 1 saturated carbocycles. The van der Waals surface area contributed by atoms with Crippen molar-refractivity contribution in [1.82, 2.24) is 9.97 Å². The SMILES string of the molecule is c1ccc(-c2cnc(-c3cccnc3)cc2CC2CCCC2)cc1. The average molecular weight is 314 g/mol. The molecule has 120 valence electrons. The van der Waals surface area contributed by atoms with Gasteiger partial charge in [0.05, 0.1) is 5.69 Å². The molecule has 0 radical (unpaired) electrons. The van der Waals surface area contributed by atoms with Crippen LogP contribution >= 0.6 is 0 Å². The van der Waals surface area contributed by atoms with Gasteiger partial charge >= 0.3 is 0 Å². The summed E-state index contributed by atoms with van der Waals surface area (Å²) >= 11 is 0. The second-order valence-electron chi connectivity index (χ2n) is 6.69. The maximum Gasteiger partial charge on any atom is 0.0720 e. The fraction of sp³-hybridized carbons (Fsp3) is 0.273. The van der Waals surface area contributed by atoms with Crippen LogP contribution in [0.2, 0.25) is 0 Å². The summed E-state index contributed by atoms with van der Waals surface area (Å²) in [6, 6.07) is 17.0. The molecule has 0 saturated heterocycles. The van der Waals surface area contributed by atoms with Crippen molar-refractivity contribution in [3.63, 3.8) is 0 Å². The van der Waals surface area contributed by atoms with Gasteiger partial charge in [-0.2, -0.15) is 0 Å². The second-order valence-corrected chi connectivity index (χ2v) is 6.69. The maximum atomic E-state index is 4.72. The third-order valence-corrected chi connectivity index (χ3v) is 5.02. The van der Waals surface area contributed by atoms with Gasteiger partial charge in [0, 0.05) is 29.7 Å². The van der Waals surface area contributed by atoms with Crippen molar-refractivity contribution in [3.05, 3.63) is 72.7 Å². The Morgan fingerprint density at radius 3 is 2.42 bits per heavy atom. The zero-order valence-electron chi connectivity index (χ0n) is 13.9. The van der Waals surface area contributed by atoms with E-state index >= 15 is 0 Å². The second kappa shape index (κ2) is 6.96. The first-order chi connectivity index (χ1) is 11.9. The molecule has 24 heavy (non-hydrogen) atoms. The lowest BCUT2D eigenvalue weighted by atomic mass is 9.91. The van der Waals surface area contributed by atoms with Crippen LogP contribution in [0.4, 0.5) is 0 Å². The van der Waals surface area contributed by atoms with Crippen LogP contribution in [0, 0.1) is 5.92 Å². The summed E-state index contributed by atoms with van der Waals surface area (Å²) in [4.78, 5) is 8.96. The van der Waals surface area contributed by atoms with E-state index in [1.807, 2.05) is 18.5 Å². The summed E-state index contributed by atoms with van der Waals surface area (Å²) in [5.41, 5.74) is 6.06. The first-order valence-electron chi connectivity index (χ1n) is 8.85. The molecule has 2 nitrogen and oxygen atoms in total. The fourth-order valence-electron chi connectivity index (χ4n) is 3.74. The van der Waals surface area contributed by atoms with Gasteiger partial charge in [0.15, 0.2) is 0 Å². The van der Waals surface area contributed by atoms with Crippen LogP contribution in [0.3, 0.4) is 0 Å². The number of aromatic nitrogens is 2. The van der Waals surface area contributed by atoms with E-state index in [0.29, 0.717) is 0 Å². The van der Waals surface area contributed by atoms with Gasteiger partial charge in [0.2, 0.25) is 0 Å². The Morgan fingerprint density at radius 1 is 0.875 bits per heavy atom. The van der Waals surface area contributed by atoms with Crippen molar-refractivity contribution in [1.29, 1.82) is 0 Å². The Balaban J connectivity index is 1.75. The Bertz CT molecular complexity index is 791. The van der Waals surface area contributed by atoms with Crippen molar-refractivity contribution in [2.24, 2.45) is 5.92 Å². The first kappa shape index (κ1) is 15.1. The summed E-state index contributed by atoms with van der Waals surface area (Å²) in [5, 5.41) is 0. The van der Waals surface area contributed by atoms with Gasteiger partial charge in [-0.3, -0.25) is 9.97 Å². The molecule has 1 aromatic carbocycles. The molecular weight excluding hydrogens is 292 g/mol. The Kier molecular flexibility index (Phi) is 4.37. The molecule has 2 aromatic heterocycles. The standard InChI is InChI=1S/C22H22N2/c1-2-9-18(10-3-1)21-16-24-22(19-11-6-12-23-15-19)14-20(21)13-17-7-4-5-8-17/h1-3,6,9-12,14-17H,4-5,7-8,13H2. The number of pyridine rings is 2. The Labute approximate surface area is 143 Å². The monoisotopic (exact) mass is 314 g/mol. The van der Waals surface area contributed by atoms with Crippen LogP contribution in [-0.4, -0.2) is 9.97 Å². The highest BCUT2D eigenvalue weighted by atomic mass is 14.7. The summed E-state index contributed by atoms with van der Waals surface area (Å²) in [6.45, 7) is 0. The van der Waals surface area contributed by atoms with Crippen molar-refractivity contribution < 1.29 is 0 Å². The lowest BCUT2D eigenvalue weighted by Crippen LogP contribution is -2.02. The fourth-order valence-corrected chi connectivity index (χ4v) is 3.74. The van der Waals surface area contributed by atoms with E-state index in [1.165, 1.54) is 42.4 Å². The van der Waals surface area contributed by atoms with Crippen LogP contribution in [0.1, 0.15) is 31.2 Å². The third kappa shape index (κ3) is 3.23. The molecule has 0 bridgehead atoms. The molecule has 1 aliphatic carbocycles. The van der Waals surface area contributed by atoms with Crippen LogP contribution in [-0.2, 0) is 6.42 Å². The van der Waals surface area contributed by atoms with E-state index in [4.69, 9.17) is 4.98 Å². The summed E-state index contributed by atoms with van der Waals surface area (Å²) in [7, 11) is 0. The van der Waals surface area contributed by atoms with Gasteiger partial charge in [-0.05, 0) is 41.7 Å². The Hall–Kier alpha value is -2.48. The molecule has 4 rings (SSSR count). The number of hydrogen-bond donors (Lipinski definition) is 0. The van der Waals surface area contributed by atoms with Crippen LogP contribution in [0.25, 0.3) is 22.4 Å². The minimum Gasteiger partial charge on any atom is -0.264 e. The highest BCUT2D eigenvalue weighted by molar-refractivity contribution is 5.70. The number of nitrogens with zero attached hydrogens (tertiary/aromatic N) is 2. The summed E-state index contributed by atoms with van der Waals surface area (Å²) in [6.07, 6.45) is 12.4. The van der Waals surface area contributed by atoms with Gasteiger partial charge in [0.25, 0.3) is 0 Å². The predicted molar refractivity (Wildman–Crippen MR) is 98.6 cm³/mol. The number of rotatable bonds is 4. The van der Waals surface area contributed by atoms with E-state index < -0.39 is 0 Å². The zero-order valence-corrected chi connectivity index (χ0v) is 13.9. The predicted octanol–water partition coefficient (Wildman–Crippen LogP) is 5.54. The highest BCUT2D eigenvalue weighted by Crippen LogP contribution is 2.33. The van der Waals surface area contributed by atoms with Crippen molar-refractivity contribution in [2.75, 3.05) is 0 Å². The molecule has 2 heteroatoms. The van der Waals surface area contributed by atoms with E-state index in [9.17, 15) is 0 Å². The maximum absolute atomic E-state index is 4.72. The molecule has 0 aliphatic heterocycles. The van der Waals surface area contributed by atoms with Crippen LogP contribution in [0.15, 0.2) is 67.1 Å². The normalized spacial score (nSPS) is 14.8. The third-order valence-electron chi connectivity index (χ3n) is 5.02. The molecule has 0 atom stereocenters. The minimum atomic E-state index is 0.816. The van der Waals surface area contributed by atoms with E-state index in [2.05, 4.69) is 47.4 Å². The lowest BCUT2D eigenvalue weighted by Gasteiger charge is -2.15. The zero-order chi connectivity index (χ0) is 16.2. The van der Waals surface area contributed by atoms with Gasteiger partial charge in [-0.15, -0.1) is 0 Å². The minimum absolute atomic E-state index is 0.816. The van der Waals surface area contributed by atoms with Crippen molar-refractivity contribution in [2.45, 2.75) is 32.1 Å². The van der Waals surface area contributed by atoms with Crippen molar-refractivity contribution >= 4 is 0 Å². The Morgan fingerprint density at radius 2 is 1.67 bits per heavy atom. The molecule has 1 aliphatic rings. The molecule has 3 aromatic rings. The average Bonchev–Trinajstić information content (AvgIpc) is 3.16. The molecule has 0 N–H and O–H groups in total. The number of benzene rings is 1. The van der Waals surface area contributed by atoms with E-state index in [1.54, 1.807) is 6.20 Å². The first-order valence-corrected chi connectivity index (χ1v) is 8.85. The van der Waals surface area contributed by atoms with Crippen molar-refractivity contribution in [3.8, 4) is 22.4 Å². The molecular formula is C22H22N2. The molecule has 1 fully saturated rings. The van der Waals surface area contributed by atoms with Gasteiger partial charge in [-0.1, -0.05) is 56.0 Å².